The van der Waals surface area contributed by atoms with Gasteiger partial charge in [-0.15, -0.1) is 0 Å². The van der Waals surface area contributed by atoms with Crippen molar-refractivity contribution < 1.29 is 18.7 Å². The number of nitriles is 1. The Morgan fingerprint density at radius 2 is 1.96 bits per heavy atom. The summed E-state index contributed by atoms with van der Waals surface area (Å²) < 4.78 is 23.4. The lowest BCUT2D eigenvalue weighted by Crippen LogP contribution is -2.24. The topological polar surface area (TPSA) is 62.6 Å². The first-order valence-corrected chi connectivity index (χ1v) is 7.89. The molecule has 0 saturated carbocycles. The molecule has 0 N–H and O–H groups in total. The van der Waals surface area contributed by atoms with Gasteiger partial charge in [-0.3, -0.25) is 4.79 Å². The molecule has 0 bridgehead atoms. The summed E-state index contributed by atoms with van der Waals surface area (Å²) >= 11 is 0. The van der Waals surface area contributed by atoms with Crippen molar-refractivity contribution in [2.45, 2.75) is 6.54 Å². The molecule has 0 spiro atoms. The van der Waals surface area contributed by atoms with Gasteiger partial charge >= 0.3 is 0 Å². The van der Waals surface area contributed by atoms with Gasteiger partial charge in [-0.1, -0.05) is 18.2 Å². The number of hydrogen-bond acceptors (Lipinski definition) is 4. The second kappa shape index (κ2) is 9.23. The highest BCUT2D eigenvalue weighted by molar-refractivity contribution is 5.91. The number of amides is 1. The van der Waals surface area contributed by atoms with Crippen molar-refractivity contribution in [3.63, 3.8) is 0 Å². The van der Waals surface area contributed by atoms with Crippen molar-refractivity contribution in [1.29, 1.82) is 5.26 Å². The van der Waals surface area contributed by atoms with Gasteiger partial charge in [0.1, 0.15) is 11.9 Å². The van der Waals surface area contributed by atoms with E-state index in [1.165, 1.54) is 30.2 Å². The maximum absolute atomic E-state index is 12.9. The average Bonchev–Trinajstić information content (AvgIpc) is 2.66. The minimum atomic E-state index is -0.307. The fourth-order valence-corrected chi connectivity index (χ4v) is 2.25. The van der Waals surface area contributed by atoms with E-state index in [1.54, 1.807) is 43.5 Å². The van der Waals surface area contributed by atoms with Gasteiger partial charge in [0.15, 0.2) is 18.1 Å². The highest BCUT2D eigenvalue weighted by atomic mass is 19.1. The van der Waals surface area contributed by atoms with Gasteiger partial charge in [0.05, 0.1) is 7.11 Å². The molecular formula is C20H19FN2O3. The molecule has 0 aliphatic heterocycles. The van der Waals surface area contributed by atoms with Crippen LogP contribution in [0.5, 0.6) is 11.5 Å². The van der Waals surface area contributed by atoms with Crippen LogP contribution in [0.25, 0.3) is 6.08 Å². The molecule has 1 amide bonds. The molecule has 6 heteroatoms. The van der Waals surface area contributed by atoms with Gasteiger partial charge in [-0.05, 0) is 41.5 Å². The summed E-state index contributed by atoms with van der Waals surface area (Å²) in [6, 6.07) is 13.1. The molecule has 0 unspecified atom stereocenters. The average molecular weight is 354 g/mol. The summed E-state index contributed by atoms with van der Waals surface area (Å²) in [5, 5.41) is 8.57. The summed E-state index contributed by atoms with van der Waals surface area (Å²) in [6.07, 6.45) is 3.12. The lowest BCUT2D eigenvalue weighted by atomic mass is 10.1. The normalized spacial score (nSPS) is 10.4. The Bertz CT molecular complexity index is 826. The monoisotopic (exact) mass is 354 g/mol. The van der Waals surface area contributed by atoms with Gasteiger partial charge in [0, 0.05) is 19.7 Å². The van der Waals surface area contributed by atoms with E-state index in [2.05, 4.69) is 0 Å². The molecule has 0 aliphatic rings. The Morgan fingerprint density at radius 1 is 1.23 bits per heavy atom. The van der Waals surface area contributed by atoms with Crippen molar-refractivity contribution in [1.82, 2.24) is 4.90 Å². The van der Waals surface area contributed by atoms with Crippen molar-refractivity contribution in [3.05, 3.63) is 65.5 Å². The summed E-state index contributed by atoms with van der Waals surface area (Å²) in [5.74, 6) is 0.456. The Hall–Kier alpha value is -3.33. The summed E-state index contributed by atoms with van der Waals surface area (Å²) in [6.45, 7) is 0.311. The van der Waals surface area contributed by atoms with Crippen LogP contribution in [-0.4, -0.2) is 31.6 Å². The molecule has 0 saturated heterocycles. The highest BCUT2D eigenvalue weighted by Crippen LogP contribution is 2.28. The highest BCUT2D eigenvalue weighted by Gasteiger charge is 2.07. The Labute approximate surface area is 151 Å². The predicted molar refractivity (Wildman–Crippen MR) is 96.0 cm³/mol. The molecule has 0 aliphatic carbocycles. The Balaban J connectivity index is 2.02. The SMILES string of the molecule is COc1cc(C=CC(=O)N(C)Cc2ccc(F)cc2)ccc1OCC#N. The van der Waals surface area contributed by atoms with Crippen LogP contribution < -0.4 is 9.47 Å². The first-order chi connectivity index (χ1) is 12.5. The van der Waals surface area contributed by atoms with Crippen LogP contribution in [0, 0.1) is 17.1 Å². The predicted octanol–water partition coefficient (Wildman–Crippen LogP) is 3.41. The summed E-state index contributed by atoms with van der Waals surface area (Å²) in [4.78, 5) is 13.8. The molecule has 0 radical (unpaired) electrons. The third-order valence-corrected chi connectivity index (χ3v) is 3.61. The molecule has 2 aromatic carbocycles. The van der Waals surface area contributed by atoms with Crippen molar-refractivity contribution in [3.8, 4) is 17.6 Å². The van der Waals surface area contributed by atoms with E-state index in [0.29, 0.717) is 18.0 Å². The molecule has 134 valence electrons. The van der Waals surface area contributed by atoms with Crippen LogP contribution in [0.15, 0.2) is 48.5 Å². The third-order valence-electron chi connectivity index (χ3n) is 3.61. The summed E-state index contributed by atoms with van der Waals surface area (Å²) in [5.41, 5.74) is 1.60. The second-order valence-electron chi connectivity index (χ2n) is 5.51. The second-order valence-corrected chi connectivity index (χ2v) is 5.51. The molecule has 0 aromatic heterocycles. The molecule has 26 heavy (non-hydrogen) atoms. The van der Waals surface area contributed by atoms with Crippen LogP contribution in [0.1, 0.15) is 11.1 Å². The Kier molecular flexibility index (Phi) is 6.75. The van der Waals surface area contributed by atoms with E-state index in [-0.39, 0.29) is 18.3 Å². The smallest absolute Gasteiger partial charge is 0.246 e. The number of halogens is 1. The number of carbonyl (C=O) groups is 1. The summed E-state index contributed by atoms with van der Waals surface area (Å²) in [7, 11) is 3.18. The largest absolute Gasteiger partial charge is 0.493 e. The zero-order valence-electron chi connectivity index (χ0n) is 14.6. The van der Waals surface area contributed by atoms with Gasteiger partial charge in [0.25, 0.3) is 0 Å². The fraction of sp³-hybridized carbons (Fsp3) is 0.200. The van der Waals surface area contributed by atoms with Crippen LogP contribution in [0.3, 0.4) is 0 Å². The quantitative estimate of drug-likeness (QED) is 0.715. The number of benzene rings is 2. The van der Waals surface area contributed by atoms with E-state index in [4.69, 9.17) is 14.7 Å². The van der Waals surface area contributed by atoms with Gasteiger partial charge in [0.2, 0.25) is 5.91 Å². The molecule has 5 nitrogen and oxygen atoms in total. The van der Waals surface area contributed by atoms with Gasteiger partial charge in [-0.25, -0.2) is 4.39 Å². The van der Waals surface area contributed by atoms with Crippen molar-refractivity contribution >= 4 is 12.0 Å². The molecule has 0 heterocycles. The van der Waals surface area contributed by atoms with Gasteiger partial charge < -0.3 is 14.4 Å². The number of ether oxygens (including phenoxy) is 2. The number of rotatable bonds is 7. The third kappa shape index (κ3) is 5.35. The van der Waals surface area contributed by atoms with Crippen LogP contribution in [-0.2, 0) is 11.3 Å². The molecule has 0 fully saturated rings. The first kappa shape index (κ1) is 19.0. The number of likely N-dealkylation sites (N-methyl/N-ethyl adjacent to an activating group) is 1. The molecule has 2 aromatic rings. The molecule has 2 rings (SSSR count). The number of hydrogen-bond donors (Lipinski definition) is 0. The van der Waals surface area contributed by atoms with Crippen LogP contribution in [0.2, 0.25) is 0 Å². The van der Waals surface area contributed by atoms with E-state index in [1.807, 2.05) is 6.07 Å². The fourth-order valence-electron chi connectivity index (χ4n) is 2.25. The standard InChI is InChI=1S/C20H19FN2O3/c1-23(14-16-3-7-17(21)8-4-16)20(24)10-6-15-5-9-18(26-12-11-22)19(13-15)25-2/h3-10,13H,12,14H2,1-2H3. The lowest BCUT2D eigenvalue weighted by molar-refractivity contribution is -0.125. The van der Waals surface area contributed by atoms with Crippen LogP contribution >= 0.6 is 0 Å². The molecule has 0 atom stereocenters. The zero-order valence-corrected chi connectivity index (χ0v) is 14.6. The Morgan fingerprint density at radius 3 is 2.62 bits per heavy atom. The van der Waals surface area contributed by atoms with Gasteiger partial charge in [-0.2, -0.15) is 5.26 Å². The maximum atomic E-state index is 12.9. The lowest BCUT2D eigenvalue weighted by Gasteiger charge is -2.15. The van der Waals surface area contributed by atoms with Crippen molar-refractivity contribution in [2.75, 3.05) is 20.8 Å². The maximum Gasteiger partial charge on any atom is 0.246 e. The number of carbonyl (C=O) groups excluding carboxylic acids is 1. The van der Waals surface area contributed by atoms with Crippen molar-refractivity contribution in [2.24, 2.45) is 0 Å². The van der Waals surface area contributed by atoms with E-state index >= 15 is 0 Å². The zero-order chi connectivity index (χ0) is 18.9. The molecular weight excluding hydrogens is 335 g/mol. The first-order valence-electron chi connectivity index (χ1n) is 7.89. The van der Waals surface area contributed by atoms with E-state index in [0.717, 1.165) is 11.1 Å². The van der Waals surface area contributed by atoms with Crippen LogP contribution in [0.4, 0.5) is 4.39 Å². The van der Waals surface area contributed by atoms with E-state index in [9.17, 15) is 9.18 Å². The van der Waals surface area contributed by atoms with E-state index < -0.39 is 0 Å². The number of methoxy groups -OCH3 is 1. The number of nitrogens with zero attached hydrogens (tertiary/aromatic N) is 2. The minimum Gasteiger partial charge on any atom is -0.493 e. The minimum absolute atomic E-state index is 0.0712.